The highest BCUT2D eigenvalue weighted by Gasteiger charge is 2.39. The lowest BCUT2D eigenvalue weighted by Crippen LogP contribution is -2.41. The first kappa shape index (κ1) is 12.4. The number of aromatic amines is 1. The average molecular weight is 261 g/mol. The molecule has 1 aromatic heterocycles. The Hall–Kier alpha value is -1.68. The molecule has 1 aliphatic rings. The van der Waals surface area contributed by atoms with Crippen molar-refractivity contribution in [2.45, 2.75) is 31.3 Å². The van der Waals surface area contributed by atoms with Crippen molar-refractivity contribution in [2.75, 3.05) is 7.11 Å². The van der Waals surface area contributed by atoms with Crippen molar-refractivity contribution in [2.24, 2.45) is 0 Å². The molecule has 1 fully saturated rings. The van der Waals surface area contributed by atoms with Crippen LogP contribution in [0.2, 0.25) is 0 Å². The molecule has 1 heterocycles. The van der Waals surface area contributed by atoms with Gasteiger partial charge in [-0.05, 0) is 37.5 Å². The number of fused-ring (bicyclic) bond motifs is 1. The normalized spacial score (nSPS) is 17.4. The number of hydrogen-bond acceptors (Lipinski definition) is 2. The Labute approximate surface area is 110 Å². The molecule has 1 aromatic carbocycles. The van der Waals surface area contributed by atoms with Crippen LogP contribution < -0.4 is 0 Å². The maximum absolute atomic E-state index is 13.3. The molecule has 1 saturated carbocycles. The summed E-state index contributed by atoms with van der Waals surface area (Å²) >= 11 is 0. The third kappa shape index (κ3) is 2.06. The molecule has 0 radical (unpaired) electrons. The Bertz CT molecular complexity index is 623. The lowest BCUT2D eigenvalue weighted by Gasteiger charge is -2.40. The number of ketones is 1. The number of Topliss-reactive ketones (excluding diaryl/α,β-unsaturated/α-hetero) is 1. The molecule has 0 amide bonds. The van der Waals surface area contributed by atoms with Gasteiger partial charge in [-0.15, -0.1) is 0 Å². The van der Waals surface area contributed by atoms with E-state index in [9.17, 15) is 9.18 Å². The van der Waals surface area contributed by atoms with Gasteiger partial charge in [0.1, 0.15) is 5.82 Å². The van der Waals surface area contributed by atoms with Crippen molar-refractivity contribution >= 4 is 16.7 Å². The van der Waals surface area contributed by atoms with Gasteiger partial charge in [0, 0.05) is 36.2 Å². The molecule has 0 saturated heterocycles. The largest absolute Gasteiger partial charge is 0.378 e. The average Bonchev–Trinajstić information content (AvgIpc) is 2.76. The van der Waals surface area contributed by atoms with Gasteiger partial charge >= 0.3 is 0 Å². The van der Waals surface area contributed by atoms with Crippen LogP contribution in [0.3, 0.4) is 0 Å². The van der Waals surface area contributed by atoms with Crippen molar-refractivity contribution in [3.63, 3.8) is 0 Å². The minimum atomic E-state index is -0.328. The number of nitrogens with one attached hydrogen (secondary N) is 1. The van der Waals surface area contributed by atoms with Crippen LogP contribution in [-0.4, -0.2) is 23.5 Å². The zero-order valence-electron chi connectivity index (χ0n) is 10.8. The number of carbonyl (C=O) groups is 1. The minimum Gasteiger partial charge on any atom is -0.378 e. The minimum absolute atomic E-state index is 0.0124. The third-order valence-corrected chi connectivity index (χ3v) is 4.12. The molecular formula is C15H16FNO2. The molecule has 0 spiro atoms. The molecule has 0 atom stereocenters. The number of aromatic nitrogens is 1. The molecule has 19 heavy (non-hydrogen) atoms. The van der Waals surface area contributed by atoms with Crippen LogP contribution in [0.25, 0.3) is 10.9 Å². The number of H-pyrrole nitrogens is 1. The van der Waals surface area contributed by atoms with Crippen molar-refractivity contribution in [1.82, 2.24) is 4.98 Å². The third-order valence-electron chi connectivity index (χ3n) is 4.12. The first-order valence-electron chi connectivity index (χ1n) is 6.49. The standard InChI is InChI=1S/C15H16FNO2/c1-19-15(5-2-6-15)8-14(18)12-9-17-13-4-3-10(16)7-11(12)13/h3-4,7,9,17H,2,5-6,8H2,1H3. The summed E-state index contributed by atoms with van der Waals surface area (Å²) in [7, 11) is 1.65. The van der Waals surface area contributed by atoms with Crippen molar-refractivity contribution in [1.29, 1.82) is 0 Å². The van der Waals surface area contributed by atoms with E-state index in [-0.39, 0.29) is 17.2 Å². The van der Waals surface area contributed by atoms with Gasteiger partial charge in [-0.3, -0.25) is 4.79 Å². The maximum atomic E-state index is 13.3. The highest BCUT2D eigenvalue weighted by Crippen LogP contribution is 2.39. The molecule has 1 N–H and O–H groups in total. The topological polar surface area (TPSA) is 42.1 Å². The van der Waals surface area contributed by atoms with Gasteiger partial charge in [-0.25, -0.2) is 4.39 Å². The van der Waals surface area contributed by atoms with Gasteiger partial charge in [0.25, 0.3) is 0 Å². The first-order chi connectivity index (χ1) is 9.13. The summed E-state index contributed by atoms with van der Waals surface area (Å²) < 4.78 is 18.8. The number of benzene rings is 1. The van der Waals surface area contributed by atoms with Crippen LogP contribution in [0.1, 0.15) is 36.0 Å². The fraction of sp³-hybridized carbons (Fsp3) is 0.400. The number of halogens is 1. The predicted octanol–water partition coefficient (Wildman–Crippen LogP) is 3.45. The fourth-order valence-corrected chi connectivity index (χ4v) is 2.74. The molecular weight excluding hydrogens is 245 g/mol. The number of hydrogen-bond donors (Lipinski definition) is 1. The summed E-state index contributed by atoms with van der Waals surface area (Å²) in [4.78, 5) is 15.4. The van der Waals surface area contributed by atoms with Crippen molar-refractivity contribution in [3.05, 3.63) is 35.8 Å². The van der Waals surface area contributed by atoms with Gasteiger partial charge < -0.3 is 9.72 Å². The van der Waals surface area contributed by atoms with E-state index in [0.717, 1.165) is 24.8 Å². The van der Waals surface area contributed by atoms with Gasteiger partial charge in [0.2, 0.25) is 0 Å². The summed E-state index contributed by atoms with van der Waals surface area (Å²) in [5.74, 6) is -0.315. The smallest absolute Gasteiger partial charge is 0.167 e. The summed E-state index contributed by atoms with van der Waals surface area (Å²) in [6.07, 6.45) is 4.98. The SMILES string of the molecule is COC1(CC(=O)c2c[nH]c3ccc(F)cc23)CCC1. The fourth-order valence-electron chi connectivity index (χ4n) is 2.74. The predicted molar refractivity (Wildman–Crippen MR) is 70.8 cm³/mol. The summed E-state index contributed by atoms with van der Waals surface area (Å²) in [5, 5.41) is 0.649. The van der Waals surface area contributed by atoms with Gasteiger partial charge in [-0.2, -0.15) is 0 Å². The number of ether oxygens (including phenoxy) is 1. The first-order valence-corrected chi connectivity index (χ1v) is 6.49. The number of carbonyl (C=O) groups excluding carboxylic acids is 1. The van der Waals surface area contributed by atoms with E-state index >= 15 is 0 Å². The van der Waals surface area contributed by atoms with Crippen LogP contribution in [-0.2, 0) is 4.74 Å². The van der Waals surface area contributed by atoms with Crippen LogP contribution in [0, 0.1) is 5.82 Å². The Morgan fingerprint density at radius 1 is 1.47 bits per heavy atom. The highest BCUT2D eigenvalue weighted by molar-refractivity contribution is 6.08. The number of methoxy groups -OCH3 is 1. The Kier molecular flexibility index (Phi) is 2.90. The maximum Gasteiger partial charge on any atom is 0.167 e. The molecule has 3 rings (SSSR count). The van der Waals surface area contributed by atoms with Crippen molar-refractivity contribution < 1.29 is 13.9 Å². The van der Waals surface area contributed by atoms with E-state index in [0.29, 0.717) is 17.4 Å². The second kappa shape index (κ2) is 4.46. The second-order valence-corrected chi connectivity index (χ2v) is 5.23. The Balaban J connectivity index is 1.91. The van der Waals surface area contributed by atoms with Crippen LogP contribution in [0.5, 0.6) is 0 Å². The second-order valence-electron chi connectivity index (χ2n) is 5.23. The van der Waals surface area contributed by atoms with Crippen molar-refractivity contribution in [3.8, 4) is 0 Å². The summed E-state index contributed by atoms with van der Waals surface area (Å²) in [6.45, 7) is 0. The van der Waals surface area contributed by atoms with Crippen LogP contribution in [0.15, 0.2) is 24.4 Å². The lowest BCUT2D eigenvalue weighted by molar-refractivity contribution is -0.0704. The molecule has 3 nitrogen and oxygen atoms in total. The molecule has 0 unspecified atom stereocenters. The molecule has 4 heteroatoms. The van der Waals surface area contributed by atoms with Gasteiger partial charge in [0.05, 0.1) is 5.60 Å². The van der Waals surface area contributed by atoms with E-state index in [1.165, 1.54) is 12.1 Å². The highest BCUT2D eigenvalue weighted by atomic mass is 19.1. The van der Waals surface area contributed by atoms with E-state index in [2.05, 4.69) is 4.98 Å². The van der Waals surface area contributed by atoms with E-state index in [1.807, 2.05) is 0 Å². The van der Waals surface area contributed by atoms with E-state index in [4.69, 9.17) is 4.74 Å². The molecule has 0 aliphatic heterocycles. The molecule has 2 aromatic rings. The van der Waals surface area contributed by atoms with Crippen LogP contribution in [0.4, 0.5) is 4.39 Å². The van der Waals surface area contributed by atoms with Gasteiger partial charge in [0.15, 0.2) is 5.78 Å². The summed E-state index contributed by atoms with van der Waals surface area (Å²) in [6, 6.07) is 4.44. The molecule has 1 aliphatic carbocycles. The van der Waals surface area contributed by atoms with Crippen LogP contribution >= 0.6 is 0 Å². The zero-order chi connectivity index (χ0) is 13.5. The van der Waals surface area contributed by atoms with Gasteiger partial charge in [-0.1, -0.05) is 0 Å². The summed E-state index contributed by atoms with van der Waals surface area (Å²) in [5.41, 5.74) is 1.04. The quantitative estimate of drug-likeness (QED) is 0.856. The monoisotopic (exact) mass is 261 g/mol. The Morgan fingerprint density at radius 3 is 2.89 bits per heavy atom. The lowest BCUT2D eigenvalue weighted by atomic mass is 9.76. The van der Waals surface area contributed by atoms with E-state index in [1.54, 1.807) is 19.4 Å². The van der Waals surface area contributed by atoms with E-state index < -0.39 is 0 Å². The molecule has 0 bridgehead atoms. The Morgan fingerprint density at radius 2 is 2.26 bits per heavy atom. The molecule has 100 valence electrons. The number of rotatable bonds is 4. The zero-order valence-corrected chi connectivity index (χ0v) is 10.8.